The second kappa shape index (κ2) is 6.09. The first-order valence-corrected chi connectivity index (χ1v) is 6.39. The summed E-state index contributed by atoms with van der Waals surface area (Å²) >= 11 is 0. The summed E-state index contributed by atoms with van der Waals surface area (Å²) in [7, 11) is 3.11. The zero-order valence-corrected chi connectivity index (χ0v) is 12.1. The van der Waals surface area contributed by atoms with Crippen molar-refractivity contribution in [2.45, 2.75) is 13.5 Å². The second-order valence-corrected chi connectivity index (χ2v) is 4.24. The third-order valence-corrected chi connectivity index (χ3v) is 3.08. The highest BCUT2D eigenvalue weighted by Gasteiger charge is 2.13. The van der Waals surface area contributed by atoms with Crippen LogP contribution in [-0.2, 0) is 6.54 Å². The van der Waals surface area contributed by atoms with Crippen molar-refractivity contribution in [1.82, 2.24) is 9.78 Å². The average molecular weight is 285 g/mol. The molecule has 1 heterocycles. The molecule has 0 N–H and O–H groups in total. The Labute approximate surface area is 122 Å². The van der Waals surface area contributed by atoms with Crippen LogP contribution in [0.15, 0.2) is 29.1 Å². The second-order valence-electron chi connectivity index (χ2n) is 4.24. The summed E-state index contributed by atoms with van der Waals surface area (Å²) in [5.41, 5.74) is 0.802. The molecule has 0 saturated carbocycles. The summed E-state index contributed by atoms with van der Waals surface area (Å²) in [5.74, 6) is 1.23. The maximum Gasteiger partial charge on any atom is 0.284 e. The quantitative estimate of drug-likeness (QED) is 0.856. The number of benzene rings is 1. The number of methoxy groups -OCH3 is 2. The van der Waals surface area contributed by atoms with Crippen LogP contribution in [0.1, 0.15) is 12.5 Å². The Bertz CT molecular complexity index is 760. The molecule has 0 aliphatic heterocycles. The maximum absolute atomic E-state index is 11.9. The van der Waals surface area contributed by atoms with Gasteiger partial charge < -0.3 is 9.47 Å². The Morgan fingerprint density at radius 1 is 1.29 bits per heavy atom. The third kappa shape index (κ3) is 2.72. The van der Waals surface area contributed by atoms with Gasteiger partial charge in [-0.05, 0) is 31.2 Å². The van der Waals surface area contributed by atoms with E-state index in [9.17, 15) is 4.79 Å². The zero-order chi connectivity index (χ0) is 15.4. The first kappa shape index (κ1) is 14.6. The molecule has 1 aromatic heterocycles. The minimum absolute atomic E-state index is 0.0479. The van der Waals surface area contributed by atoms with Gasteiger partial charge in [0.25, 0.3) is 5.56 Å². The molecule has 6 nitrogen and oxygen atoms in total. The van der Waals surface area contributed by atoms with Crippen molar-refractivity contribution in [1.29, 1.82) is 5.26 Å². The molecular weight excluding hydrogens is 270 g/mol. The van der Waals surface area contributed by atoms with Crippen molar-refractivity contribution in [3.05, 3.63) is 40.2 Å². The Morgan fingerprint density at radius 2 is 2.05 bits per heavy atom. The third-order valence-electron chi connectivity index (χ3n) is 3.08. The Hall–Kier alpha value is -2.81. The van der Waals surface area contributed by atoms with Crippen LogP contribution in [0.25, 0.3) is 11.3 Å². The number of ether oxygens (including phenoxy) is 2. The van der Waals surface area contributed by atoms with Gasteiger partial charge in [-0.3, -0.25) is 4.79 Å². The van der Waals surface area contributed by atoms with Crippen LogP contribution in [0, 0.1) is 11.3 Å². The average Bonchev–Trinajstić information content (AvgIpc) is 2.54. The Kier molecular flexibility index (Phi) is 4.24. The monoisotopic (exact) mass is 285 g/mol. The molecule has 0 atom stereocenters. The number of aryl methyl sites for hydroxylation is 1. The predicted octanol–water partition coefficient (Wildman–Crippen LogP) is 1.82. The van der Waals surface area contributed by atoms with E-state index >= 15 is 0 Å². The fourth-order valence-electron chi connectivity index (χ4n) is 1.98. The maximum atomic E-state index is 11.9. The molecule has 0 bridgehead atoms. The molecule has 6 heteroatoms. The van der Waals surface area contributed by atoms with Crippen molar-refractivity contribution in [2.24, 2.45) is 0 Å². The van der Waals surface area contributed by atoms with Crippen LogP contribution in [0.2, 0.25) is 0 Å². The molecule has 0 spiro atoms. The predicted molar refractivity (Wildman–Crippen MR) is 77.4 cm³/mol. The molecule has 21 heavy (non-hydrogen) atoms. The van der Waals surface area contributed by atoms with Gasteiger partial charge >= 0.3 is 0 Å². The molecule has 108 valence electrons. The number of nitrogens with zero attached hydrogens (tertiary/aromatic N) is 3. The summed E-state index contributed by atoms with van der Waals surface area (Å²) in [6.45, 7) is 2.18. The van der Waals surface area contributed by atoms with Gasteiger partial charge in [0.2, 0.25) is 0 Å². The SMILES string of the molecule is CCn1nc(-c2cc(OC)ccc2OC)cc(C#N)c1=O. The fourth-order valence-corrected chi connectivity index (χ4v) is 1.98. The van der Waals surface area contributed by atoms with Crippen LogP contribution < -0.4 is 15.0 Å². The first-order chi connectivity index (χ1) is 10.1. The molecule has 0 radical (unpaired) electrons. The number of aromatic nitrogens is 2. The van der Waals surface area contributed by atoms with Gasteiger partial charge in [0, 0.05) is 12.1 Å². The van der Waals surface area contributed by atoms with Gasteiger partial charge in [0.15, 0.2) is 0 Å². The van der Waals surface area contributed by atoms with Crippen molar-refractivity contribution >= 4 is 0 Å². The summed E-state index contributed by atoms with van der Waals surface area (Å²) in [6.07, 6.45) is 0. The minimum Gasteiger partial charge on any atom is -0.497 e. The van der Waals surface area contributed by atoms with E-state index in [1.165, 1.54) is 10.7 Å². The standard InChI is InChI=1S/C15H15N3O3/c1-4-18-15(19)10(9-16)7-13(17-18)12-8-11(20-2)5-6-14(12)21-3/h5-8H,4H2,1-3H3. The zero-order valence-electron chi connectivity index (χ0n) is 12.1. The molecule has 0 saturated heterocycles. The molecule has 0 aliphatic rings. The summed E-state index contributed by atoms with van der Waals surface area (Å²) in [4.78, 5) is 11.9. The van der Waals surface area contributed by atoms with Crippen LogP contribution in [0.3, 0.4) is 0 Å². The number of nitriles is 1. The smallest absolute Gasteiger partial charge is 0.284 e. The van der Waals surface area contributed by atoms with Crippen molar-refractivity contribution in [2.75, 3.05) is 14.2 Å². The number of hydrogen-bond acceptors (Lipinski definition) is 5. The lowest BCUT2D eigenvalue weighted by atomic mass is 10.1. The number of hydrogen-bond donors (Lipinski definition) is 0. The molecular formula is C15H15N3O3. The highest BCUT2D eigenvalue weighted by molar-refractivity contribution is 5.69. The number of rotatable bonds is 4. The van der Waals surface area contributed by atoms with E-state index in [0.29, 0.717) is 29.3 Å². The van der Waals surface area contributed by atoms with E-state index in [-0.39, 0.29) is 5.56 Å². The highest BCUT2D eigenvalue weighted by Crippen LogP contribution is 2.32. The molecule has 2 rings (SSSR count). The van der Waals surface area contributed by atoms with Gasteiger partial charge in [-0.2, -0.15) is 10.4 Å². The van der Waals surface area contributed by atoms with Gasteiger partial charge in [-0.25, -0.2) is 4.68 Å². The minimum atomic E-state index is -0.398. The van der Waals surface area contributed by atoms with Crippen LogP contribution in [0.5, 0.6) is 11.5 Å². The molecule has 0 amide bonds. The largest absolute Gasteiger partial charge is 0.497 e. The lowest BCUT2D eigenvalue weighted by Crippen LogP contribution is -2.24. The molecule has 2 aromatic rings. The highest BCUT2D eigenvalue weighted by atomic mass is 16.5. The van der Waals surface area contributed by atoms with Crippen LogP contribution in [0.4, 0.5) is 0 Å². The summed E-state index contributed by atoms with van der Waals surface area (Å²) in [6, 6.07) is 8.64. The van der Waals surface area contributed by atoms with Crippen LogP contribution >= 0.6 is 0 Å². The van der Waals surface area contributed by atoms with Gasteiger partial charge in [0.1, 0.15) is 23.1 Å². The lowest BCUT2D eigenvalue weighted by Gasteiger charge is -2.11. The van der Waals surface area contributed by atoms with Gasteiger partial charge in [0.05, 0.1) is 19.9 Å². The normalized spacial score (nSPS) is 10.0. The van der Waals surface area contributed by atoms with Crippen molar-refractivity contribution in [3.63, 3.8) is 0 Å². The Morgan fingerprint density at radius 3 is 2.62 bits per heavy atom. The van der Waals surface area contributed by atoms with E-state index in [0.717, 1.165) is 0 Å². The van der Waals surface area contributed by atoms with Crippen LogP contribution in [-0.4, -0.2) is 24.0 Å². The van der Waals surface area contributed by atoms with E-state index < -0.39 is 5.56 Å². The fraction of sp³-hybridized carbons (Fsp3) is 0.267. The van der Waals surface area contributed by atoms with E-state index in [2.05, 4.69) is 5.10 Å². The van der Waals surface area contributed by atoms with Crippen molar-refractivity contribution < 1.29 is 9.47 Å². The van der Waals surface area contributed by atoms with Gasteiger partial charge in [-0.15, -0.1) is 0 Å². The van der Waals surface area contributed by atoms with Gasteiger partial charge in [-0.1, -0.05) is 0 Å². The van der Waals surface area contributed by atoms with E-state index in [1.54, 1.807) is 39.3 Å². The Balaban J connectivity index is 2.72. The topological polar surface area (TPSA) is 77.1 Å². The molecule has 1 aromatic carbocycles. The van der Waals surface area contributed by atoms with Crippen molar-refractivity contribution in [3.8, 4) is 28.8 Å². The first-order valence-electron chi connectivity index (χ1n) is 6.39. The summed E-state index contributed by atoms with van der Waals surface area (Å²) < 4.78 is 11.8. The molecule has 0 unspecified atom stereocenters. The van der Waals surface area contributed by atoms with E-state index in [4.69, 9.17) is 14.7 Å². The molecule has 0 aliphatic carbocycles. The summed E-state index contributed by atoms with van der Waals surface area (Å²) in [5, 5.41) is 13.4. The lowest BCUT2D eigenvalue weighted by molar-refractivity contribution is 0.404. The molecule has 0 fully saturated rings. The van der Waals surface area contributed by atoms with E-state index in [1.807, 2.05) is 6.07 Å².